The molecule has 1 saturated heterocycles. The number of piperidine rings is 1. The average Bonchev–Trinajstić information content (AvgIpc) is 2.74. The van der Waals surface area contributed by atoms with Crippen molar-refractivity contribution in [2.24, 2.45) is 0 Å². The molecule has 0 unspecified atom stereocenters. The van der Waals surface area contributed by atoms with Crippen LogP contribution in [-0.4, -0.2) is 35.4 Å². The Bertz CT molecular complexity index is 777. The van der Waals surface area contributed by atoms with Crippen LogP contribution < -0.4 is 0 Å². The van der Waals surface area contributed by atoms with Crippen molar-refractivity contribution in [2.75, 3.05) is 19.6 Å². The predicted molar refractivity (Wildman–Crippen MR) is 120 cm³/mol. The van der Waals surface area contributed by atoms with Crippen LogP contribution in [-0.2, 0) is 12.0 Å². The maximum absolute atomic E-state index is 12.5. The molecule has 2 aromatic carbocycles. The molecule has 29 heavy (non-hydrogen) atoms. The molecule has 0 spiro atoms. The number of likely N-dealkylation sites (tertiary alicyclic amines) is 1. The molecular weight excluding hydrogens is 382 g/mol. The van der Waals surface area contributed by atoms with Crippen molar-refractivity contribution < 1.29 is 9.90 Å². The highest BCUT2D eigenvalue weighted by Gasteiger charge is 2.33. The summed E-state index contributed by atoms with van der Waals surface area (Å²) >= 11 is 5.96. The van der Waals surface area contributed by atoms with Gasteiger partial charge in [0.05, 0.1) is 5.60 Å². The molecule has 4 heteroatoms. The number of aliphatic hydroxyl groups is 1. The zero-order chi connectivity index (χ0) is 20.7. The van der Waals surface area contributed by atoms with Crippen molar-refractivity contribution in [3.05, 3.63) is 70.2 Å². The van der Waals surface area contributed by atoms with E-state index in [-0.39, 0.29) is 5.78 Å². The van der Waals surface area contributed by atoms with Crippen LogP contribution in [0.1, 0.15) is 66.9 Å². The highest BCUT2D eigenvalue weighted by molar-refractivity contribution is 6.30. The van der Waals surface area contributed by atoms with Gasteiger partial charge in [-0.25, -0.2) is 0 Å². The van der Waals surface area contributed by atoms with Crippen LogP contribution in [0.15, 0.2) is 48.5 Å². The molecule has 0 amide bonds. The molecule has 1 heterocycles. The van der Waals surface area contributed by atoms with E-state index in [1.165, 1.54) is 18.4 Å². The minimum atomic E-state index is -0.767. The van der Waals surface area contributed by atoms with Gasteiger partial charge in [0.2, 0.25) is 0 Å². The van der Waals surface area contributed by atoms with E-state index in [2.05, 4.69) is 24.0 Å². The Morgan fingerprint density at radius 2 is 1.69 bits per heavy atom. The number of halogens is 1. The zero-order valence-electron chi connectivity index (χ0n) is 17.4. The monoisotopic (exact) mass is 413 g/mol. The molecule has 156 valence electrons. The summed E-state index contributed by atoms with van der Waals surface area (Å²) < 4.78 is 0. The number of carbonyl (C=O) groups is 1. The van der Waals surface area contributed by atoms with Gasteiger partial charge in [0.25, 0.3) is 0 Å². The first-order valence-corrected chi connectivity index (χ1v) is 11.2. The summed E-state index contributed by atoms with van der Waals surface area (Å²) in [5.41, 5.74) is 2.31. The van der Waals surface area contributed by atoms with Crippen LogP contribution >= 0.6 is 11.6 Å². The quantitative estimate of drug-likeness (QED) is 0.541. The maximum Gasteiger partial charge on any atom is 0.162 e. The van der Waals surface area contributed by atoms with Crippen LogP contribution in [0.2, 0.25) is 5.02 Å². The first kappa shape index (κ1) is 22.0. The van der Waals surface area contributed by atoms with Crippen LogP contribution in [0.25, 0.3) is 0 Å². The lowest BCUT2D eigenvalue weighted by Crippen LogP contribution is -2.42. The van der Waals surface area contributed by atoms with E-state index >= 15 is 0 Å². The summed E-state index contributed by atoms with van der Waals surface area (Å²) in [6, 6.07) is 15.6. The summed E-state index contributed by atoms with van der Waals surface area (Å²) in [6.45, 7) is 4.79. The van der Waals surface area contributed by atoms with E-state index in [9.17, 15) is 9.90 Å². The number of Topliss-reactive ketones (excluding diaryl/α,β-unsaturated/α-hetero) is 1. The fourth-order valence-corrected chi connectivity index (χ4v) is 4.17. The van der Waals surface area contributed by atoms with Crippen LogP contribution in [0.3, 0.4) is 0 Å². The van der Waals surface area contributed by atoms with E-state index < -0.39 is 5.60 Å². The van der Waals surface area contributed by atoms with E-state index in [1.807, 2.05) is 36.4 Å². The predicted octanol–water partition coefficient (Wildman–Crippen LogP) is 5.63. The summed E-state index contributed by atoms with van der Waals surface area (Å²) in [6.07, 6.45) is 6.32. The molecule has 1 N–H and O–H groups in total. The molecule has 3 rings (SSSR count). The number of benzene rings is 2. The van der Waals surface area contributed by atoms with Crippen LogP contribution in [0, 0.1) is 0 Å². The zero-order valence-corrected chi connectivity index (χ0v) is 18.1. The topological polar surface area (TPSA) is 40.5 Å². The van der Waals surface area contributed by atoms with Gasteiger partial charge in [-0.15, -0.1) is 0 Å². The number of carbonyl (C=O) groups excluding carboxylic acids is 1. The molecule has 1 aliphatic heterocycles. The van der Waals surface area contributed by atoms with Gasteiger partial charge >= 0.3 is 0 Å². The van der Waals surface area contributed by atoms with Gasteiger partial charge < -0.3 is 10.0 Å². The average molecular weight is 414 g/mol. The molecule has 0 atom stereocenters. The fourth-order valence-electron chi connectivity index (χ4n) is 4.04. The number of ketones is 1. The second-order valence-electron chi connectivity index (χ2n) is 8.21. The third kappa shape index (κ3) is 6.15. The lowest BCUT2D eigenvalue weighted by atomic mass is 9.84. The number of aryl methyl sites for hydroxylation is 1. The van der Waals surface area contributed by atoms with Gasteiger partial charge in [-0.05, 0) is 61.9 Å². The SMILES string of the molecule is CCCCc1ccc(C(=O)CCCN2CCC(O)(c3ccc(Cl)cc3)CC2)cc1. The van der Waals surface area contributed by atoms with Crippen molar-refractivity contribution in [3.8, 4) is 0 Å². The molecule has 0 aromatic heterocycles. The second kappa shape index (κ2) is 10.4. The Kier molecular flexibility index (Phi) is 7.88. The van der Waals surface area contributed by atoms with E-state index in [4.69, 9.17) is 11.6 Å². The third-order valence-corrected chi connectivity index (χ3v) is 6.29. The van der Waals surface area contributed by atoms with Crippen molar-refractivity contribution in [1.82, 2.24) is 4.90 Å². The maximum atomic E-state index is 12.5. The fraction of sp³-hybridized carbons (Fsp3) is 0.480. The van der Waals surface area contributed by atoms with Gasteiger partial charge in [-0.2, -0.15) is 0 Å². The Hall–Kier alpha value is -1.68. The molecule has 1 fully saturated rings. The highest BCUT2D eigenvalue weighted by atomic mass is 35.5. The molecule has 2 aromatic rings. The first-order chi connectivity index (χ1) is 14.0. The second-order valence-corrected chi connectivity index (χ2v) is 8.64. The standard InChI is InChI=1S/C25H32ClNO2/c1-2-3-5-20-7-9-21(10-8-20)24(28)6-4-17-27-18-15-25(29,16-19-27)22-11-13-23(26)14-12-22/h7-14,29H,2-6,15-19H2,1H3. The molecule has 0 saturated carbocycles. The minimum absolute atomic E-state index is 0.224. The van der Waals surface area contributed by atoms with Crippen LogP contribution in [0.4, 0.5) is 0 Å². The van der Waals surface area contributed by atoms with Crippen LogP contribution in [0.5, 0.6) is 0 Å². The van der Waals surface area contributed by atoms with Crippen molar-refractivity contribution in [1.29, 1.82) is 0 Å². The largest absolute Gasteiger partial charge is 0.385 e. The van der Waals surface area contributed by atoms with Gasteiger partial charge in [-0.3, -0.25) is 4.79 Å². The van der Waals surface area contributed by atoms with Gasteiger partial charge in [0.15, 0.2) is 5.78 Å². The number of rotatable bonds is 9. The Balaban J connectivity index is 1.41. The lowest BCUT2D eigenvalue weighted by Gasteiger charge is -2.38. The van der Waals surface area contributed by atoms with Gasteiger partial charge in [-0.1, -0.05) is 61.3 Å². The Labute approximate surface area is 179 Å². The van der Waals surface area contributed by atoms with Crippen molar-refractivity contribution in [3.63, 3.8) is 0 Å². The normalized spacial score (nSPS) is 16.7. The lowest BCUT2D eigenvalue weighted by molar-refractivity contribution is -0.0260. The third-order valence-electron chi connectivity index (χ3n) is 6.04. The summed E-state index contributed by atoms with van der Waals surface area (Å²) in [7, 11) is 0. The number of unbranched alkanes of at least 4 members (excludes halogenated alkanes) is 1. The Morgan fingerprint density at radius 1 is 1.03 bits per heavy atom. The molecule has 0 bridgehead atoms. The Morgan fingerprint density at radius 3 is 2.31 bits per heavy atom. The van der Waals surface area contributed by atoms with E-state index in [0.29, 0.717) is 24.3 Å². The summed E-state index contributed by atoms with van der Waals surface area (Å²) in [5, 5.41) is 11.7. The smallest absolute Gasteiger partial charge is 0.162 e. The van der Waals surface area contributed by atoms with Crippen molar-refractivity contribution >= 4 is 17.4 Å². The summed E-state index contributed by atoms with van der Waals surface area (Å²) in [4.78, 5) is 14.8. The molecule has 0 aliphatic carbocycles. The molecule has 0 radical (unpaired) electrons. The van der Waals surface area contributed by atoms with Gasteiger partial charge in [0.1, 0.15) is 0 Å². The number of hydrogen-bond acceptors (Lipinski definition) is 3. The molecule has 1 aliphatic rings. The van der Waals surface area contributed by atoms with E-state index in [0.717, 1.165) is 43.6 Å². The van der Waals surface area contributed by atoms with Gasteiger partial charge in [0, 0.05) is 30.1 Å². The summed E-state index contributed by atoms with van der Waals surface area (Å²) in [5.74, 6) is 0.224. The minimum Gasteiger partial charge on any atom is -0.385 e. The van der Waals surface area contributed by atoms with E-state index in [1.54, 1.807) is 0 Å². The molecular formula is C25H32ClNO2. The number of nitrogens with zero attached hydrogens (tertiary/aromatic N) is 1. The number of hydrogen-bond donors (Lipinski definition) is 1. The van der Waals surface area contributed by atoms with Crippen molar-refractivity contribution in [2.45, 2.75) is 57.5 Å². The first-order valence-electron chi connectivity index (χ1n) is 10.8. The highest BCUT2D eigenvalue weighted by Crippen LogP contribution is 2.33. The molecule has 3 nitrogen and oxygen atoms in total.